The van der Waals surface area contributed by atoms with Crippen molar-refractivity contribution in [3.63, 3.8) is 0 Å². The number of rotatable bonds is 6. The van der Waals surface area contributed by atoms with E-state index in [0.29, 0.717) is 28.7 Å². The van der Waals surface area contributed by atoms with Crippen molar-refractivity contribution in [2.24, 2.45) is 0 Å². The second-order valence-corrected chi connectivity index (χ2v) is 6.57. The van der Waals surface area contributed by atoms with Gasteiger partial charge in [-0.25, -0.2) is 8.78 Å². The second-order valence-electron chi connectivity index (χ2n) is 4.65. The fourth-order valence-corrected chi connectivity index (χ4v) is 3.03. The molecule has 0 aliphatic carbocycles. The van der Waals surface area contributed by atoms with Gasteiger partial charge in [0.15, 0.2) is 5.11 Å². The molecule has 0 atom stereocenters. The Hall–Kier alpha value is -1.37. The second kappa shape index (κ2) is 9.05. The lowest BCUT2D eigenvalue weighted by Crippen LogP contribution is -2.30. The van der Waals surface area contributed by atoms with Gasteiger partial charge in [-0.15, -0.1) is 0 Å². The Morgan fingerprint density at radius 1 is 1.13 bits per heavy atom. The van der Waals surface area contributed by atoms with Crippen LogP contribution in [0.3, 0.4) is 0 Å². The van der Waals surface area contributed by atoms with Crippen LogP contribution in [0.25, 0.3) is 0 Å². The van der Waals surface area contributed by atoms with Gasteiger partial charge in [-0.2, -0.15) is 11.8 Å². The topological polar surface area (TPSA) is 24.1 Å². The Balaban J connectivity index is 1.67. The number of thioether (sulfide) groups is 1. The van der Waals surface area contributed by atoms with E-state index < -0.39 is 5.82 Å². The monoisotopic (exact) mass is 372 g/mol. The molecular weight excluding hydrogens is 358 g/mol. The third kappa shape index (κ3) is 5.97. The van der Waals surface area contributed by atoms with E-state index in [9.17, 15) is 8.78 Å². The highest BCUT2D eigenvalue weighted by Crippen LogP contribution is 2.19. The molecule has 23 heavy (non-hydrogen) atoms. The van der Waals surface area contributed by atoms with Crippen molar-refractivity contribution < 1.29 is 8.78 Å². The van der Waals surface area contributed by atoms with Crippen molar-refractivity contribution in [1.29, 1.82) is 0 Å². The van der Waals surface area contributed by atoms with Crippen molar-refractivity contribution in [3.8, 4) is 0 Å². The molecule has 2 N–H and O–H groups in total. The third-order valence-electron chi connectivity index (χ3n) is 2.92. The van der Waals surface area contributed by atoms with Gasteiger partial charge in [0.25, 0.3) is 0 Å². The Kier molecular flexibility index (Phi) is 7.08. The minimum absolute atomic E-state index is 0.0400. The SMILES string of the molecule is Fc1ccc(NC(=S)NCCSCc2ccccc2F)cc1Cl. The van der Waals surface area contributed by atoms with Gasteiger partial charge in [0.2, 0.25) is 0 Å². The van der Waals surface area contributed by atoms with E-state index in [1.165, 1.54) is 18.2 Å². The highest BCUT2D eigenvalue weighted by molar-refractivity contribution is 7.98. The summed E-state index contributed by atoms with van der Waals surface area (Å²) in [5.74, 6) is 0.738. The summed E-state index contributed by atoms with van der Waals surface area (Å²) in [6, 6.07) is 11.0. The lowest BCUT2D eigenvalue weighted by atomic mass is 10.2. The van der Waals surface area contributed by atoms with Crippen LogP contribution in [0.2, 0.25) is 5.02 Å². The van der Waals surface area contributed by atoms with E-state index in [0.717, 1.165) is 5.75 Å². The van der Waals surface area contributed by atoms with Gasteiger partial charge in [-0.1, -0.05) is 29.8 Å². The number of benzene rings is 2. The summed E-state index contributed by atoms with van der Waals surface area (Å²) in [7, 11) is 0. The van der Waals surface area contributed by atoms with Gasteiger partial charge < -0.3 is 10.6 Å². The molecule has 0 aliphatic heterocycles. The molecule has 2 nitrogen and oxygen atoms in total. The quantitative estimate of drug-likeness (QED) is 0.559. The van der Waals surface area contributed by atoms with Gasteiger partial charge in [0, 0.05) is 23.7 Å². The van der Waals surface area contributed by atoms with E-state index in [1.54, 1.807) is 30.0 Å². The lowest BCUT2D eigenvalue weighted by molar-refractivity contribution is 0.617. The summed E-state index contributed by atoms with van der Waals surface area (Å²) in [6.07, 6.45) is 0. The number of halogens is 3. The van der Waals surface area contributed by atoms with Crippen molar-refractivity contribution in [3.05, 3.63) is 64.7 Å². The highest BCUT2D eigenvalue weighted by Gasteiger charge is 2.03. The zero-order valence-corrected chi connectivity index (χ0v) is 14.5. The van der Waals surface area contributed by atoms with Crippen LogP contribution in [-0.4, -0.2) is 17.4 Å². The van der Waals surface area contributed by atoms with Crippen molar-refractivity contribution in [1.82, 2.24) is 5.32 Å². The maximum Gasteiger partial charge on any atom is 0.170 e. The summed E-state index contributed by atoms with van der Waals surface area (Å²) < 4.78 is 26.5. The molecule has 0 heterocycles. The van der Waals surface area contributed by atoms with Gasteiger partial charge in [-0.3, -0.25) is 0 Å². The number of thiocarbonyl (C=S) groups is 1. The van der Waals surface area contributed by atoms with E-state index in [1.807, 2.05) is 6.07 Å². The minimum atomic E-state index is -0.472. The summed E-state index contributed by atoms with van der Waals surface area (Å²) in [5, 5.41) is 6.43. The van der Waals surface area contributed by atoms with Crippen molar-refractivity contribution >= 4 is 46.4 Å². The maximum absolute atomic E-state index is 13.4. The van der Waals surface area contributed by atoms with Gasteiger partial charge in [0.1, 0.15) is 11.6 Å². The first-order chi connectivity index (χ1) is 11.1. The maximum atomic E-state index is 13.4. The highest BCUT2D eigenvalue weighted by atomic mass is 35.5. The molecule has 2 rings (SSSR count). The number of anilines is 1. The Morgan fingerprint density at radius 2 is 1.91 bits per heavy atom. The zero-order valence-electron chi connectivity index (χ0n) is 12.1. The van der Waals surface area contributed by atoms with Crippen LogP contribution in [0.4, 0.5) is 14.5 Å². The van der Waals surface area contributed by atoms with E-state index in [-0.39, 0.29) is 10.8 Å². The van der Waals surface area contributed by atoms with E-state index in [2.05, 4.69) is 10.6 Å². The molecule has 7 heteroatoms. The molecule has 0 aromatic heterocycles. The molecule has 2 aromatic carbocycles. The van der Waals surface area contributed by atoms with Gasteiger partial charge in [0.05, 0.1) is 5.02 Å². The van der Waals surface area contributed by atoms with Gasteiger partial charge in [-0.05, 0) is 42.0 Å². The lowest BCUT2D eigenvalue weighted by Gasteiger charge is -2.11. The molecule has 0 saturated heterocycles. The summed E-state index contributed by atoms with van der Waals surface area (Å²) in [4.78, 5) is 0. The summed E-state index contributed by atoms with van der Waals surface area (Å²) in [5.41, 5.74) is 1.31. The Morgan fingerprint density at radius 3 is 2.65 bits per heavy atom. The molecule has 0 bridgehead atoms. The fraction of sp³-hybridized carbons (Fsp3) is 0.188. The molecule has 0 saturated carbocycles. The predicted molar refractivity (Wildman–Crippen MR) is 98.2 cm³/mol. The average Bonchev–Trinajstić information content (AvgIpc) is 2.52. The van der Waals surface area contributed by atoms with Crippen LogP contribution >= 0.6 is 35.6 Å². The predicted octanol–water partition coefficient (Wildman–Crippen LogP) is 4.84. The molecule has 122 valence electrons. The number of nitrogens with one attached hydrogen (secondary N) is 2. The number of hydrogen-bond donors (Lipinski definition) is 2. The molecule has 0 aliphatic rings. The smallest absolute Gasteiger partial charge is 0.170 e. The van der Waals surface area contributed by atoms with E-state index in [4.69, 9.17) is 23.8 Å². The van der Waals surface area contributed by atoms with Crippen LogP contribution < -0.4 is 10.6 Å². The third-order valence-corrected chi connectivity index (χ3v) is 4.47. The van der Waals surface area contributed by atoms with Crippen LogP contribution in [-0.2, 0) is 5.75 Å². The molecule has 0 fully saturated rings. The van der Waals surface area contributed by atoms with Crippen molar-refractivity contribution in [2.75, 3.05) is 17.6 Å². The zero-order chi connectivity index (χ0) is 16.7. The van der Waals surface area contributed by atoms with Crippen LogP contribution in [0.5, 0.6) is 0 Å². The van der Waals surface area contributed by atoms with Crippen LogP contribution in [0.15, 0.2) is 42.5 Å². The largest absolute Gasteiger partial charge is 0.362 e. The molecule has 0 amide bonds. The van der Waals surface area contributed by atoms with Gasteiger partial charge >= 0.3 is 0 Å². The number of hydrogen-bond acceptors (Lipinski definition) is 2. The molecule has 2 aromatic rings. The average molecular weight is 373 g/mol. The van der Waals surface area contributed by atoms with Crippen LogP contribution in [0, 0.1) is 11.6 Å². The molecular formula is C16H15ClF2N2S2. The van der Waals surface area contributed by atoms with E-state index >= 15 is 0 Å². The first kappa shape index (κ1) is 18.0. The first-order valence-corrected chi connectivity index (χ1v) is 8.81. The standard InChI is InChI=1S/C16H15ClF2N2S2/c17-13-9-12(5-6-15(13)19)21-16(22)20-7-8-23-10-11-3-1-2-4-14(11)18/h1-6,9H,7-8,10H2,(H2,20,21,22). The Bertz CT molecular complexity index is 683. The van der Waals surface area contributed by atoms with Crippen molar-refractivity contribution in [2.45, 2.75) is 5.75 Å². The normalized spacial score (nSPS) is 10.4. The fourth-order valence-electron chi connectivity index (χ4n) is 1.78. The molecule has 0 unspecified atom stereocenters. The molecule has 0 radical (unpaired) electrons. The van der Waals surface area contributed by atoms with Crippen LogP contribution in [0.1, 0.15) is 5.56 Å². The summed E-state index contributed by atoms with van der Waals surface area (Å²) in [6.45, 7) is 0.639. The Labute approximate surface area is 148 Å². The molecule has 0 spiro atoms. The summed E-state index contributed by atoms with van der Waals surface area (Å²) >= 11 is 12.5. The first-order valence-electron chi connectivity index (χ1n) is 6.87. The minimum Gasteiger partial charge on any atom is -0.362 e.